The number of amides is 3. The molecule has 108 valence electrons. The van der Waals surface area contributed by atoms with Gasteiger partial charge in [-0.05, 0) is 18.1 Å². The second kappa shape index (κ2) is 7.28. The minimum absolute atomic E-state index is 0.0903. The zero-order valence-electron chi connectivity index (χ0n) is 11.8. The topological polar surface area (TPSA) is 87.3 Å². The molecule has 0 unspecified atom stereocenters. The summed E-state index contributed by atoms with van der Waals surface area (Å²) in [5.74, 6) is -1.26. The smallest absolute Gasteiger partial charge is 0.269 e. The Bertz CT molecular complexity index is 486. The largest absolute Gasteiger partial charge is 0.344 e. The van der Waals surface area contributed by atoms with Crippen LogP contribution in [0.4, 0.5) is 0 Å². The highest BCUT2D eigenvalue weighted by Crippen LogP contribution is 2.01. The third kappa shape index (κ3) is 4.72. The van der Waals surface area contributed by atoms with Crippen LogP contribution in [0.25, 0.3) is 0 Å². The standard InChI is InChI=1S/C14H19N3O3/c1-9(2)12(15-10(3)18)14(20)17-16-13(19)11-7-5-4-6-8-11/h4-9,12H,1-3H3,(H,15,18)(H,16,19)(H,17,20)/t12-/m1/s1. The van der Waals surface area contributed by atoms with Crippen LogP contribution < -0.4 is 16.2 Å². The molecule has 0 bridgehead atoms. The van der Waals surface area contributed by atoms with E-state index in [1.807, 2.05) is 0 Å². The highest BCUT2D eigenvalue weighted by molar-refractivity contribution is 5.96. The van der Waals surface area contributed by atoms with E-state index in [-0.39, 0.29) is 11.8 Å². The van der Waals surface area contributed by atoms with E-state index in [4.69, 9.17) is 0 Å². The molecule has 3 amide bonds. The molecule has 0 heterocycles. The molecule has 0 saturated carbocycles. The molecule has 1 aromatic rings. The first kappa shape index (κ1) is 15.7. The average molecular weight is 277 g/mol. The second-order valence-electron chi connectivity index (χ2n) is 4.73. The maximum atomic E-state index is 11.9. The van der Waals surface area contributed by atoms with Gasteiger partial charge < -0.3 is 5.32 Å². The first-order valence-corrected chi connectivity index (χ1v) is 6.34. The van der Waals surface area contributed by atoms with Gasteiger partial charge in [0.1, 0.15) is 6.04 Å². The molecule has 1 atom stereocenters. The zero-order chi connectivity index (χ0) is 15.1. The Morgan fingerprint density at radius 1 is 1.00 bits per heavy atom. The van der Waals surface area contributed by atoms with Gasteiger partial charge in [0.15, 0.2) is 0 Å². The Morgan fingerprint density at radius 2 is 1.60 bits per heavy atom. The SMILES string of the molecule is CC(=O)N[C@@H](C(=O)NNC(=O)c1ccccc1)C(C)C. The number of carbonyl (C=O) groups is 3. The highest BCUT2D eigenvalue weighted by Gasteiger charge is 2.23. The van der Waals surface area contributed by atoms with Crippen LogP contribution in [0.15, 0.2) is 30.3 Å². The molecule has 0 fully saturated rings. The van der Waals surface area contributed by atoms with Crippen LogP contribution in [0, 0.1) is 5.92 Å². The summed E-state index contributed by atoms with van der Waals surface area (Å²) >= 11 is 0. The summed E-state index contributed by atoms with van der Waals surface area (Å²) in [5.41, 5.74) is 5.07. The molecule has 6 nitrogen and oxygen atoms in total. The summed E-state index contributed by atoms with van der Waals surface area (Å²) in [7, 11) is 0. The van der Waals surface area contributed by atoms with E-state index in [1.54, 1.807) is 44.2 Å². The van der Waals surface area contributed by atoms with Crippen LogP contribution >= 0.6 is 0 Å². The van der Waals surface area contributed by atoms with Crippen molar-refractivity contribution in [3.05, 3.63) is 35.9 Å². The fourth-order valence-electron chi connectivity index (χ4n) is 1.61. The molecule has 0 aliphatic rings. The molecule has 6 heteroatoms. The van der Waals surface area contributed by atoms with Gasteiger partial charge in [-0.2, -0.15) is 0 Å². The summed E-state index contributed by atoms with van der Waals surface area (Å²) in [6.45, 7) is 4.95. The van der Waals surface area contributed by atoms with Gasteiger partial charge in [0, 0.05) is 12.5 Å². The van der Waals surface area contributed by atoms with Gasteiger partial charge in [0.05, 0.1) is 0 Å². The predicted octanol–water partition coefficient (Wildman–Crippen LogP) is 0.608. The predicted molar refractivity (Wildman–Crippen MR) is 74.5 cm³/mol. The van der Waals surface area contributed by atoms with E-state index >= 15 is 0 Å². The lowest BCUT2D eigenvalue weighted by Gasteiger charge is -2.20. The van der Waals surface area contributed by atoms with Gasteiger partial charge in [-0.3, -0.25) is 25.2 Å². The van der Waals surface area contributed by atoms with Gasteiger partial charge >= 0.3 is 0 Å². The van der Waals surface area contributed by atoms with Gasteiger partial charge in [0.25, 0.3) is 11.8 Å². The van der Waals surface area contributed by atoms with E-state index in [9.17, 15) is 14.4 Å². The van der Waals surface area contributed by atoms with Crippen molar-refractivity contribution >= 4 is 17.7 Å². The van der Waals surface area contributed by atoms with Crippen molar-refractivity contribution in [1.29, 1.82) is 0 Å². The van der Waals surface area contributed by atoms with E-state index in [2.05, 4.69) is 16.2 Å². The van der Waals surface area contributed by atoms with Crippen LogP contribution in [0.2, 0.25) is 0 Å². The quantitative estimate of drug-likeness (QED) is 0.705. The maximum absolute atomic E-state index is 11.9. The van der Waals surface area contributed by atoms with Crippen molar-refractivity contribution in [3.8, 4) is 0 Å². The fraction of sp³-hybridized carbons (Fsp3) is 0.357. The summed E-state index contributed by atoms with van der Waals surface area (Å²) in [6, 6.07) is 7.82. The molecule has 0 aromatic heterocycles. The maximum Gasteiger partial charge on any atom is 0.269 e. The van der Waals surface area contributed by atoms with E-state index in [1.165, 1.54) is 6.92 Å². The van der Waals surface area contributed by atoms with Crippen LogP contribution in [-0.2, 0) is 9.59 Å². The Kier molecular flexibility index (Phi) is 5.71. The monoisotopic (exact) mass is 277 g/mol. The van der Waals surface area contributed by atoms with Crippen molar-refractivity contribution in [2.24, 2.45) is 5.92 Å². The number of hydrogen-bond acceptors (Lipinski definition) is 3. The first-order chi connectivity index (χ1) is 9.41. The number of nitrogens with one attached hydrogen (secondary N) is 3. The summed E-state index contributed by atoms with van der Waals surface area (Å²) in [6.07, 6.45) is 0. The van der Waals surface area contributed by atoms with Crippen LogP contribution in [-0.4, -0.2) is 23.8 Å². The summed E-state index contributed by atoms with van der Waals surface area (Å²) in [4.78, 5) is 34.7. The number of hydrazine groups is 1. The van der Waals surface area contributed by atoms with E-state index in [0.717, 1.165) is 0 Å². The number of hydrogen-bond donors (Lipinski definition) is 3. The second-order valence-corrected chi connectivity index (χ2v) is 4.73. The minimum atomic E-state index is -0.691. The lowest BCUT2D eigenvalue weighted by molar-refractivity contribution is -0.129. The Labute approximate surface area is 117 Å². The fourth-order valence-corrected chi connectivity index (χ4v) is 1.61. The molecule has 0 saturated heterocycles. The van der Waals surface area contributed by atoms with Crippen LogP contribution in [0.1, 0.15) is 31.1 Å². The molecule has 3 N–H and O–H groups in total. The van der Waals surface area contributed by atoms with E-state index < -0.39 is 17.9 Å². The van der Waals surface area contributed by atoms with Gasteiger partial charge in [-0.1, -0.05) is 32.0 Å². The third-order valence-electron chi connectivity index (χ3n) is 2.64. The van der Waals surface area contributed by atoms with Gasteiger partial charge in [-0.15, -0.1) is 0 Å². The molecule has 1 rings (SSSR count). The van der Waals surface area contributed by atoms with Crippen LogP contribution in [0.5, 0.6) is 0 Å². The molecular weight excluding hydrogens is 258 g/mol. The van der Waals surface area contributed by atoms with Crippen molar-refractivity contribution < 1.29 is 14.4 Å². The van der Waals surface area contributed by atoms with Crippen molar-refractivity contribution in [2.45, 2.75) is 26.8 Å². The molecule has 0 aliphatic heterocycles. The molecule has 0 aliphatic carbocycles. The number of benzene rings is 1. The van der Waals surface area contributed by atoms with Crippen molar-refractivity contribution in [1.82, 2.24) is 16.2 Å². The number of carbonyl (C=O) groups excluding carboxylic acids is 3. The van der Waals surface area contributed by atoms with E-state index in [0.29, 0.717) is 5.56 Å². The first-order valence-electron chi connectivity index (χ1n) is 6.34. The molecular formula is C14H19N3O3. The van der Waals surface area contributed by atoms with Crippen molar-refractivity contribution in [2.75, 3.05) is 0 Å². The highest BCUT2D eigenvalue weighted by atomic mass is 16.2. The van der Waals surface area contributed by atoms with Crippen molar-refractivity contribution in [3.63, 3.8) is 0 Å². The molecule has 20 heavy (non-hydrogen) atoms. The average Bonchev–Trinajstić information content (AvgIpc) is 2.42. The zero-order valence-corrected chi connectivity index (χ0v) is 11.8. The molecule has 1 aromatic carbocycles. The molecule has 0 spiro atoms. The van der Waals surface area contributed by atoms with Crippen LogP contribution in [0.3, 0.4) is 0 Å². The normalized spacial score (nSPS) is 11.6. The Hall–Kier alpha value is -2.37. The lowest BCUT2D eigenvalue weighted by atomic mass is 10.0. The Balaban J connectivity index is 2.57. The number of rotatable bonds is 4. The minimum Gasteiger partial charge on any atom is -0.344 e. The van der Waals surface area contributed by atoms with Gasteiger partial charge in [0.2, 0.25) is 5.91 Å². The Morgan fingerprint density at radius 3 is 2.10 bits per heavy atom. The third-order valence-corrected chi connectivity index (χ3v) is 2.64. The lowest BCUT2D eigenvalue weighted by Crippen LogP contribution is -2.54. The van der Waals surface area contributed by atoms with Gasteiger partial charge in [-0.25, -0.2) is 0 Å². The summed E-state index contributed by atoms with van der Waals surface area (Å²) in [5, 5.41) is 2.54. The summed E-state index contributed by atoms with van der Waals surface area (Å²) < 4.78 is 0. The molecule has 0 radical (unpaired) electrons.